The van der Waals surface area contributed by atoms with Gasteiger partial charge in [-0.3, -0.25) is 4.90 Å². The molecule has 0 aromatic heterocycles. The third-order valence-corrected chi connectivity index (χ3v) is 3.36. The average molecular weight is 228 g/mol. The average Bonchev–Trinajstić information content (AvgIpc) is 2.35. The van der Waals surface area contributed by atoms with Gasteiger partial charge in [0, 0.05) is 32.2 Å². The standard InChI is InChI=1S/C13H28N2O/c1-3-5-6-13(4-2)14-7-8-15-9-11-16-12-10-15/h13-14H,3-12H2,1-2H3. The molecule has 1 rings (SSSR count). The quantitative estimate of drug-likeness (QED) is 0.686. The van der Waals surface area contributed by atoms with Gasteiger partial charge in [0.15, 0.2) is 0 Å². The second-order valence-corrected chi connectivity index (χ2v) is 4.66. The first kappa shape index (κ1) is 13.9. The largest absolute Gasteiger partial charge is 0.379 e. The molecule has 16 heavy (non-hydrogen) atoms. The predicted molar refractivity (Wildman–Crippen MR) is 68.9 cm³/mol. The van der Waals surface area contributed by atoms with Gasteiger partial charge in [-0.15, -0.1) is 0 Å². The molecular formula is C13H28N2O. The van der Waals surface area contributed by atoms with Crippen LogP contribution in [0.2, 0.25) is 0 Å². The molecule has 0 aromatic rings. The summed E-state index contributed by atoms with van der Waals surface area (Å²) in [6.45, 7) is 10.9. The van der Waals surface area contributed by atoms with Crippen molar-refractivity contribution < 1.29 is 4.74 Å². The third kappa shape index (κ3) is 5.83. The molecule has 1 unspecified atom stereocenters. The molecule has 1 N–H and O–H groups in total. The molecule has 1 heterocycles. The first-order chi connectivity index (χ1) is 7.86. The number of morpholine rings is 1. The van der Waals surface area contributed by atoms with Crippen LogP contribution in [0.4, 0.5) is 0 Å². The number of hydrogen-bond donors (Lipinski definition) is 1. The molecule has 3 nitrogen and oxygen atoms in total. The summed E-state index contributed by atoms with van der Waals surface area (Å²) in [4.78, 5) is 2.49. The molecule has 0 bridgehead atoms. The van der Waals surface area contributed by atoms with Crippen LogP contribution in [0, 0.1) is 0 Å². The van der Waals surface area contributed by atoms with Gasteiger partial charge in [-0.1, -0.05) is 26.7 Å². The SMILES string of the molecule is CCCCC(CC)NCCN1CCOCC1. The van der Waals surface area contributed by atoms with E-state index in [4.69, 9.17) is 4.74 Å². The summed E-state index contributed by atoms with van der Waals surface area (Å²) < 4.78 is 5.34. The van der Waals surface area contributed by atoms with Crippen LogP contribution in [0.25, 0.3) is 0 Å². The Balaban J connectivity index is 2.02. The van der Waals surface area contributed by atoms with Gasteiger partial charge < -0.3 is 10.1 Å². The zero-order valence-corrected chi connectivity index (χ0v) is 11.0. The number of ether oxygens (including phenoxy) is 1. The lowest BCUT2D eigenvalue weighted by atomic mass is 10.1. The number of hydrogen-bond acceptors (Lipinski definition) is 3. The zero-order valence-electron chi connectivity index (χ0n) is 11.0. The number of unbranched alkanes of at least 4 members (excludes halogenated alkanes) is 1. The molecule has 1 fully saturated rings. The van der Waals surface area contributed by atoms with Gasteiger partial charge in [-0.25, -0.2) is 0 Å². The highest BCUT2D eigenvalue weighted by Gasteiger charge is 2.10. The Labute approximate surface area is 101 Å². The first-order valence-corrected chi connectivity index (χ1v) is 6.90. The van der Waals surface area contributed by atoms with Gasteiger partial charge in [0.1, 0.15) is 0 Å². The third-order valence-electron chi connectivity index (χ3n) is 3.36. The molecule has 3 heteroatoms. The Hall–Kier alpha value is -0.120. The minimum absolute atomic E-state index is 0.723. The Bertz CT molecular complexity index is 158. The smallest absolute Gasteiger partial charge is 0.0594 e. The van der Waals surface area contributed by atoms with Crippen LogP contribution < -0.4 is 5.32 Å². The molecule has 1 atom stereocenters. The molecule has 0 spiro atoms. The van der Waals surface area contributed by atoms with Gasteiger partial charge in [0.25, 0.3) is 0 Å². The van der Waals surface area contributed by atoms with Gasteiger partial charge in [-0.2, -0.15) is 0 Å². The van der Waals surface area contributed by atoms with Crippen LogP contribution in [0.15, 0.2) is 0 Å². The lowest BCUT2D eigenvalue weighted by molar-refractivity contribution is 0.0381. The van der Waals surface area contributed by atoms with E-state index < -0.39 is 0 Å². The highest BCUT2D eigenvalue weighted by atomic mass is 16.5. The van der Waals surface area contributed by atoms with Crippen molar-refractivity contribution >= 4 is 0 Å². The second-order valence-electron chi connectivity index (χ2n) is 4.66. The van der Waals surface area contributed by atoms with Gasteiger partial charge in [0.05, 0.1) is 13.2 Å². The van der Waals surface area contributed by atoms with E-state index in [9.17, 15) is 0 Å². The van der Waals surface area contributed by atoms with E-state index in [1.807, 2.05) is 0 Å². The summed E-state index contributed by atoms with van der Waals surface area (Å²) in [7, 11) is 0. The normalized spacial score (nSPS) is 19.9. The zero-order chi connectivity index (χ0) is 11.6. The van der Waals surface area contributed by atoms with E-state index in [0.29, 0.717) is 0 Å². The highest BCUT2D eigenvalue weighted by Crippen LogP contribution is 2.03. The van der Waals surface area contributed by atoms with Crippen LogP contribution in [-0.4, -0.2) is 50.3 Å². The molecule has 96 valence electrons. The Morgan fingerprint density at radius 1 is 1.25 bits per heavy atom. The monoisotopic (exact) mass is 228 g/mol. The molecule has 0 aromatic carbocycles. The molecule has 0 saturated carbocycles. The van der Waals surface area contributed by atoms with Crippen molar-refractivity contribution in [3.8, 4) is 0 Å². The Morgan fingerprint density at radius 2 is 2.00 bits per heavy atom. The minimum atomic E-state index is 0.723. The summed E-state index contributed by atoms with van der Waals surface area (Å²) in [6, 6.07) is 0.723. The van der Waals surface area contributed by atoms with Crippen LogP contribution in [0.1, 0.15) is 39.5 Å². The van der Waals surface area contributed by atoms with Crippen molar-refractivity contribution in [2.75, 3.05) is 39.4 Å². The van der Waals surface area contributed by atoms with Crippen molar-refractivity contribution in [3.63, 3.8) is 0 Å². The first-order valence-electron chi connectivity index (χ1n) is 6.90. The van der Waals surface area contributed by atoms with Crippen LogP contribution >= 0.6 is 0 Å². The van der Waals surface area contributed by atoms with E-state index in [1.165, 1.54) is 32.2 Å². The Morgan fingerprint density at radius 3 is 2.62 bits per heavy atom. The van der Waals surface area contributed by atoms with E-state index in [0.717, 1.165) is 38.9 Å². The van der Waals surface area contributed by atoms with E-state index in [1.54, 1.807) is 0 Å². The molecular weight excluding hydrogens is 200 g/mol. The molecule has 0 radical (unpaired) electrons. The minimum Gasteiger partial charge on any atom is -0.379 e. The van der Waals surface area contributed by atoms with E-state index in [-0.39, 0.29) is 0 Å². The van der Waals surface area contributed by atoms with Gasteiger partial charge >= 0.3 is 0 Å². The summed E-state index contributed by atoms with van der Waals surface area (Å²) >= 11 is 0. The second kappa shape index (κ2) is 8.97. The molecule has 1 aliphatic heterocycles. The maximum atomic E-state index is 5.34. The lowest BCUT2D eigenvalue weighted by Gasteiger charge is -2.27. The van der Waals surface area contributed by atoms with E-state index in [2.05, 4.69) is 24.1 Å². The van der Waals surface area contributed by atoms with Gasteiger partial charge in [0.2, 0.25) is 0 Å². The molecule has 1 saturated heterocycles. The van der Waals surface area contributed by atoms with Crippen molar-refractivity contribution in [3.05, 3.63) is 0 Å². The fourth-order valence-corrected chi connectivity index (χ4v) is 2.15. The van der Waals surface area contributed by atoms with Crippen molar-refractivity contribution in [1.29, 1.82) is 0 Å². The predicted octanol–water partition coefficient (Wildman–Crippen LogP) is 1.88. The maximum absolute atomic E-state index is 5.34. The lowest BCUT2D eigenvalue weighted by Crippen LogP contribution is -2.42. The van der Waals surface area contributed by atoms with Crippen LogP contribution in [-0.2, 0) is 4.74 Å². The topological polar surface area (TPSA) is 24.5 Å². The summed E-state index contributed by atoms with van der Waals surface area (Å²) in [5.74, 6) is 0. The molecule has 0 aliphatic carbocycles. The van der Waals surface area contributed by atoms with Gasteiger partial charge in [-0.05, 0) is 12.8 Å². The number of nitrogens with one attached hydrogen (secondary N) is 1. The van der Waals surface area contributed by atoms with E-state index >= 15 is 0 Å². The maximum Gasteiger partial charge on any atom is 0.0594 e. The highest BCUT2D eigenvalue weighted by molar-refractivity contribution is 4.68. The summed E-state index contributed by atoms with van der Waals surface area (Å²) in [6.07, 6.45) is 5.24. The fourth-order valence-electron chi connectivity index (χ4n) is 2.15. The van der Waals surface area contributed by atoms with Crippen molar-refractivity contribution in [2.24, 2.45) is 0 Å². The van der Waals surface area contributed by atoms with Crippen LogP contribution in [0.3, 0.4) is 0 Å². The summed E-state index contributed by atoms with van der Waals surface area (Å²) in [5, 5.41) is 3.67. The van der Waals surface area contributed by atoms with Crippen LogP contribution in [0.5, 0.6) is 0 Å². The Kier molecular flexibility index (Phi) is 7.81. The fraction of sp³-hybridized carbons (Fsp3) is 1.00. The molecule has 1 aliphatic rings. The van der Waals surface area contributed by atoms with Crippen molar-refractivity contribution in [1.82, 2.24) is 10.2 Å². The molecule has 0 amide bonds. The van der Waals surface area contributed by atoms with Crippen molar-refractivity contribution in [2.45, 2.75) is 45.6 Å². The summed E-state index contributed by atoms with van der Waals surface area (Å²) in [5.41, 5.74) is 0. The number of rotatable bonds is 8. The number of nitrogens with zero attached hydrogens (tertiary/aromatic N) is 1.